The zero-order chi connectivity index (χ0) is 25.4. The van der Waals surface area contributed by atoms with Crippen LogP contribution in [0.5, 0.6) is 0 Å². The lowest BCUT2D eigenvalue weighted by Crippen LogP contribution is -2.35. The van der Waals surface area contributed by atoms with Gasteiger partial charge in [-0.3, -0.25) is 14.5 Å². The monoisotopic (exact) mass is 477 g/mol. The Hall–Kier alpha value is -4.34. The van der Waals surface area contributed by atoms with Crippen molar-refractivity contribution >= 4 is 23.5 Å². The second-order valence-corrected chi connectivity index (χ2v) is 8.33. The molecule has 1 aliphatic rings. The summed E-state index contributed by atoms with van der Waals surface area (Å²) in [5, 5.41) is 18.3. The third-order valence-corrected chi connectivity index (χ3v) is 6.17. The Balaban J connectivity index is 1.92. The van der Waals surface area contributed by atoms with Crippen LogP contribution in [0.25, 0.3) is 11.4 Å². The van der Waals surface area contributed by atoms with E-state index in [9.17, 15) is 23.9 Å². The van der Waals surface area contributed by atoms with Gasteiger partial charge in [0.1, 0.15) is 11.6 Å². The van der Waals surface area contributed by atoms with E-state index in [0.29, 0.717) is 40.6 Å². The molecule has 2 amide bonds. The maximum atomic E-state index is 13.4. The summed E-state index contributed by atoms with van der Waals surface area (Å²) in [5.41, 5.74) is 7.62. The van der Waals surface area contributed by atoms with Crippen LogP contribution in [0.2, 0.25) is 0 Å². The first-order valence-electron chi connectivity index (χ1n) is 11.0. The topological polar surface area (TPSA) is 131 Å². The van der Waals surface area contributed by atoms with Gasteiger partial charge in [0.2, 0.25) is 11.8 Å². The molecule has 0 saturated heterocycles. The van der Waals surface area contributed by atoms with E-state index in [4.69, 9.17) is 5.73 Å². The van der Waals surface area contributed by atoms with Crippen molar-refractivity contribution in [1.82, 2.24) is 14.8 Å². The van der Waals surface area contributed by atoms with E-state index in [1.165, 1.54) is 35.4 Å². The van der Waals surface area contributed by atoms with Crippen LogP contribution >= 0.6 is 0 Å². The number of aryl methyl sites for hydroxylation is 2. The average molecular weight is 477 g/mol. The normalized spacial score (nSPS) is 15.8. The Kier molecular flexibility index (Phi) is 6.21. The van der Waals surface area contributed by atoms with Crippen LogP contribution < -0.4 is 10.6 Å². The molecule has 1 aromatic heterocycles. The summed E-state index contributed by atoms with van der Waals surface area (Å²) in [6, 6.07) is 8.58. The highest BCUT2D eigenvalue weighted by molar-refractivity contribution is 6.06. The van der Waals surface area contributed by atoms with Crippen LogP contribution in [0.1, 0.15) is 46.6 Å². The summed E-state index contributed by atoms with van der Waals surface area (Å²) in [6.45, 7) is 5.90. The van der Waals surface area contributed by atoms with Gasteiger partial charge in [-0.25, -0.2) is 9.18 Å². The number of aromatic nitrogens is 3. The number of hydrogen-bond donors (Lipinski definition) is 2. The summed E-state index contributed by atoms with van der Waals surface area (Å²) in [5.74, 6) is -2.35. The van der Waals surface area contributed by atoms with Crippen LogP contribution in [0.4, 0.5) is 10.1 Å². The first kappa shape index (κ1) is 23.8. The Morgan fingerprint density at radius 2 is 1.86 bits per heavy atom. The van der Waals surface area contributed by atoms with Gasteiger partial charge in [-0.05, 0) is 56.2 Å². The van der Waals surface area contributed by atoms with Crippen molar-refractivity contribution in [3.8, 4) is 11.4 Å². The molecular weight excluding hydrogens is 453 g/mol. The standard InChI is InChI=1S/C25H24FN5O4/c1-4-30-14(3)28-29-24(30)19-10-17(23(27)33)13(2)9-21(19)31-12-20(25(34)35)18(11-22(31)32)15-5-7-16(26)8-6-15/h5-10,12,18H,4,11H2,1-3H3,(H2,27,33)(H,34,35)/t18-/m0/s1. The number of carboxylic acid groups (broad SMARTS) is 1. The fourth-order valence-corrected chi connectivity index (χ4v) is 4.38. The molecule has 1 atom stereocenters. The molecule has 10 heteroatoms. The van der Waals surface area contributed by atoms with Gasteiger partial charge >= 0.3 is 5.97 Å². The summed E-state index contributed by atoms with van der Waals surface area (Å²) in [6.07, 6.45) is 1.14. The molecular formula is C25H24FN5O4. The lowest BCUT2D eigenvalue weighted by molar-refractivity contribution is -0.133. The summed E-state index contributed by atoms with van der Waals surface area (Å²) >= 11 is 0. The second kappa shape index (κ2) is 9.13. The summed E-state index contributed by atoms with van der Waals surface area (Å²) < 4.78 is 15.2. The molecule has 2 aromatic carbocycles. The fourth-order valence-electron chi connectivity index (χ4n) is 4.38. The van der Waals surface area contributed by atoms with Crippen molar-refractivity contribution in [2.45, 2.75) is 39.7 Å². The molecule has 0 saturated carbocycles. The van der Waals surface area contributed by atoms with E-state index in [-0.39, 0.29) is 23.5 Å². The average Bonchev–Trinajstić information content (AvgIpc) is 3.19. The largest absolute Gasteiger partial charge is 0.478 e. The minimum absolute atomic E-state index is 0.0214. The number of halogens is 1. The van der Waals surface area contributed by atoms with Gasteiger partial charge in [-0.2, -0.15) is 0 Å². The van der Waals surface area contributed by atoms with Crippen LogP contribution in [0.15, 0.2) is 48.2 Å². The maximum absolute atomic E-state index is 13.4. The highest BCUT2D eigenvalue weighted by atomic mass is 19.1. The zero-order valence-electron chi connectivity index (χ0n) is 19.4. The minimum atomic E-state index is -1.20. The lowest BCUT2D eigenvalue weighted by Gasteiger charge is -2.31. The van der Waals surface area contributed by atoms with Crippen molar-refractivity contribution < 1.29 is 23.9 Å². The van der Waals surface area contributed by atoms with Crippen LogP contribution in [-0.4, -0.2) is 37.7 Å². The Labute approximate surface area is 200 Å². The van der Waals surface area contributed by atoms with Crippen LogP contribution in [0.3, 0.4) is 0 Å². The number of carbonyl (C=O) groups is 3. The van der Waals surface area contributed by atoms with E-state index in [1.807, 2.05) is 11.5 Å². The van der Waals surface area contributed by atoms with E-state index in [0.717, 1.165) is 0 Å². The van der Waals surface area contributed by atoms with Crippen molar-refractivity contribution in [3.05, 3.63) is 76.5 Å². The number of hydrogen-bond acceptors (Lipinski definition) is 5. The highest BCUT2D eigenvalue weighted by Crippen LogP contribution is 2.39. The quantitative estimate of drug-likeness (QED) is 0.560. The predicted molar refractivity (Wildman–Crippen MR) is 126 cm³/mol. The van der Waals surface area contributed by atoms with Crippen molar-refractivity contribution in [1.29, 1.82) is 0 Å². The van der Waals surface area contributed by atoms with Crippen molar-refractivity contribution in [2.24, 2.45) is 5.73 Å². The Morgan fingerprint density at radius 3 is 2.46 bits per heavy atom. The van der Waals surface area contributed by atoms with E-state index in [1.54, 1.807) is 26.0 Å². The minimum Gasteiger partial charge on any atom is -0.478 e. The molecule has 1 aliphatic heterocycles. The van der Waals surface area contributed by atoms with Gasteiger partial charge in [0.05, 0.1) is 11.3 Å². The fraction of sp³-hybridized carbons (Fsp3) is 0.240. The number of anilines is 1. The summed E-state index contributed by atoms with van der Waals surface area (Å²) in [4.78, 5) is 38.9. The van der Waals surface area contributed by atoms with E-state index < -0.39 is 23.6 Å². The Bertz CT molecular complexity index is 1380. The number of benzene rings is 2. The van der Waals surface area contributed by atoms with Gasteiger partial charge in [0.15, 0.2) is 5.82 Å². The number of primary amides is 1. The first-order chi connectivity index (χ1) is 16.6. The highest BCUT2D eigenvalue weighted by Gasteiger charge is 2.35. The van der Waals surface area contributed by atoms with Crippen LogP contribution in [-0.2, 0) is 16.1 Å². The van der Waals surface area contributed by atoms with Gasteiger partial charge in [-0.1, -0.05) is 12.1 Å². The lowest BCUT2D eigenvalue weighted by atomic mass is 9.85. The molecule has 35 heavy (non-hydrogen) atoms. The predicted octanol–water partition coefficient (Wildman–Crippen LogP) is 3.31. The third-order valence-electron chi connectivity index (χ3n) is 6.17. The third kappa shape index (κ3) is 4.30. The molecule has 2 heterocycles. The van der Waals surface area contributed by atoms with Gasteiger partial charge in [0.25, 0.3) is 0 Å². The van der Waals surface area contributed by atoms with Crippen molar-refractivity contribution in [2.75, 3.05) is 4.90 Å². The van der Waals surface area contributed by atoms with Gasteiger partial charge in [0, 0.05) is 36.2 Å². The number of carbonyl (C=O) groups excluding carboxylic acids is 2. The molecule has 0 radical (unpaired) electrons. The summed E-state index contributed by atoms with van der Waals surface area (Å²) in [7, 11) is 0. The van der Waals surface area contributed by atoms with Gasteiger partial charge < -0.3 is 15.4 Å². The van der Waals surface area contributed by atoms with Crippen LogP contribution in [0, 0.1) is 19.7 Å². The SMILES string of the molecule is CCn1c(C)nnc1-c1cc(C(N)=O)c(C)cc1N1C=C(C(=O)O)[C@H](c2ccc(F)cc2)CC1=O. The number of amides is 2. The number of nitrogens with zero attached hydrogens (tertiary/aromatic N) is 4. The molecule has 0 spiro atoms. The number of rotatable bonds is 6. The maximum Gasteiger partial charge on any atom is 0.333 e. The second-order valence-electron chi connectivity index (χ2n) is 8.33. The molecule has 4 rings (SSSR count). The van der Waals surface area contributed by atoms with E-state index >= 15 is 0 Å². The van der Waals surface area contributed by atoms with Crippen molar-refractivity contribution in [3.63, 3.8) is 0 Å². The molecule has 0 fully saturated rings. The molecule has 0 unspecified atom stereocenters. The molecule has 3 aromatic rings. The molecule has 3 N–H and O–H groups in total. The number of aliphatic carboxylic acids is 1. The zero-order valence-corrected chi connectivity index (χ0v) is 19.4. The molecule has 9 nitrogen and oxygen atoms in total. The smallest absolute Gasteiger partial charge is 0.333 e. The van der Waals surface area contributed by atoms with Gasteiger partial charge in [-0.15, -0.1) is 10.2 Å². The first-order valence-corrected chi connectivity index (χ1v) is 11.0. The number of carboxylic acids is 1. The molecule has 0 bridgehead atoms. The number of nitrogens with two attached hydrogens (primary N) is 1. The van der Waals surface area contributed by atoms with E-state index in [2.05, 4.69) is 10.2 Å². The molecule has 0 aliphatic carbocycles. The molecule has 180 valence electrons. The Morgan fingerprint density at radius 1 is 1.17 bits per heavy atom.